The normalized spacial score (nSPS) is 17.8. The number of Topliss-reactive ketones (excluding diaryl/α,β-unsaturated/α-hetero) is 1. The molecule has 0 radical (unpaired) electrons. The van der Waals surface area contributed by atoms with E-state index in [2.05, 4.69) is 0 Å². The van der Waals surface area contributed by atoms with Crippen LogP contribution in [0.25, 0.3) is 12.2 Å². The lowest BCUT2D eigenvalue weighted by molar-refractivity contribution is -0.111. The van der Waals surface area contributed by atoms with Crippen LogP contribution in [0.15, 0.2) is 47.5 Å². The van der Waals surface area contributed by atoms with Crippen LogP contribution < -0.4 is 0 Å². The number of ketones is 1. The van der Waals surface area contributed by atoms with Gasteiger partial charge in [0.05, 0.1) is 0 Å². The average Bonchev–Trinajstić information content (AvgIpc) is 2.88. The third-order valence-electron chi connectivity index (χ3n) is 3.93. The average molecular weight is 324 g/mol. The van der Waals surface area contributed by atoms with E-state index in [9.17, 15) is 25.2 Å². The number of benzene rings is 2. The number of phenols is 4. The molecule has 5 heteroatoms. The van der Waals surface area contributed by atoms with Gasteiger partial charge in [-0.3, -0.25) is 4.79 Å². The minimum absolute atomic E-state index is 0.0878. The number of phenolic OH excluding ortho intramolecular Hbond substituents is 4. The fourth-order valence-corrected chi connectivity index (χ4v) is 2.64. The molecule has 1 saturated carbocycles. The molecule has 1 aliphatic carbocycles. The Morgan fingerprint density at radius 3 is 1.46 bits per heavy atom. The van der Waals surface area contributed by atoms with Gasteiger partial charge in [-0.2, -0.15) is 0 Å². The zero-order chi connectivity index (χ0) is 17.3. The highest BCUT2D eigenvalue weighted by atomic mass is 16.3. The van der Waals surface area contributed by atoms with Crippen molar-refractivity contribution in [1.29, 1.82) is 0 Å². The molecule has 0 aromatic heterocycles. The first-order valence-corrected chi connectivity index (χ1v) is 7.44. The van der Waals surface area contributed by atoms with Crippen molar-refractivity contribution >= 4 is 17.9 Å². The van der Waals surface area contributed by atoms with Crippen molar-refractivity contribution < 1.29 is 25.2 Å². The summed E-state index contributed by atoms with van der Waals surface area (Å²) in [7, 11) is 0. The Morgan fingerprint density at radius 2 is 1.08 bits per heavy atom. The summed E-state index contributed by atoms with van der Waals surface area (Å²) in [6.45, 7) is 0. The summed E-state index contributed by atoms with van der Waals surface area (Å²) < 4.78 is 0. The quantitative estimate of drug-likeness (QED) is 0.502. The number of aromatic hydroxyl groups is 4. The highest BCUT2D eigenvalue weighted by molar-refractivity contribution is 6.15. The molecule has 2 aromatic rings. The highest BCUT2D eigenvalue weighted by Crippen LogP contribution is 2.33. The Kier molecular flexibility index (Phi) is 4.00. The van der Waals surface area contributed by atoms with Crippen molar-refractivity contribution in [1.82, 2.24) is 0 Å². The maximum absolute atomic E-state index is 12.5. The Bertz CT molecular complexity index is 806. The lowest BCUT2D eigenvalue weighted by Crippen LogP contribution is -1.95. The lowest BCUT2D eigenvalue weighted by atomic mass is 10.1. The maximum Gasteiger partial charge on any atom is 0.185 e. The van der Waals surface area contributed by atoms with Crippen LogP contribution in [0, 0.1) is 0 Å². The number of hydrogen-bond donors (Lipinski definition) is 4. The number of carbonyl (C=O) groups excluding carboxylic acids is 1. The minimum Gasteiger partial charge on any atom is -0.504 e. The lowest BCUT2D eigenvalue weighted by Gasteiger charge is -2.01. The predicted molar refractivity (Wildman–Crippen MR) is 89.7 cm³/mol. The SMILES string of the molecule is O=C1/C(=C\c2ccc(O)c(O)c2)CC/C1=C\c1ccc(O)c(O)c1. The maximum atomic E-state index is 12.5. The molecular formula is C19H16O5. The molecule has 24 heavy (non-hydrogen) atoms. The van der Waals surface area contributed by atoms with Crippen LogP contribution in [0.3, 0.4) is 0 Å². The van der Waals surface area contributed by atoms with Gasteiger partial charge >= 0.3 is 0 Å². The van der Waals surface area contributed by atoms with Gasteiger partial charge < -0.3 is 20.4 Å². The molecule has 1 fully saturated rings. The zero-order valence-corrected chi connectivity index (χ0v) is 12.7. The second kappa shape index (κ2) is 6.12. The second-order valence-electron chi connectivity index (χ2n) is 5.66. The largest absolute Gasteiger partial charge is 0.504 e. The summed E-state index contributed by atoms with van der Waals surface area (Å²) in [5.41, 5.74) is 2.51. The van der Waals surface area contributed by atoms with Gasteiger partial charge in [0.1, 0.15) is 0 Å². The summed E-state index contributed by atoms with van der Waals surface area (Å²) in [6.07, 6.45) is 4.54. The van der Waals surface area contributed by atoms with E-state index in [4.69, 9.17) is 0 Å². The smallest absolute Gasteiger partial charge is 0.185 e. The first-order chi connectivity index (χ1) is 11.4. The molecule has 0 spiro atoms. The van der Waals surface area contributed by atoms with Gasteiger partial charge in [-0.05, 0) is 60.4 Å². The number of carbonyl (C=O) groups is 1. The van der Waals surface area contributed by atoms with E-state index in [-0.39, 0.29) is 28.8 Å². The predicted octanol–water partition coefficient (Wildman–Crippen LogP) is 3.34. The molecule has 5 nitrogen and oxygen atoms in total. The van der Waals surface area contributed by atoms with E-state index in [0.29, 0.717) is 35.1 Å². The van der Waals surface area contributed by atoms with Crippen molar-refractivity contribution in [3.8, 4) is 23.0 Å². The molecule has 0 saturated heterocycles. The van der Waals surface area contributed by atoms with E-state index in [1.807, 2.05) is 0 Å². The van der Waals surface area contributed by atoms with E-state index in [1.54, 1.807) is 24.3 Å². The third kappa shape index (κ3) is 3.10. The Hall–Kier alpha value is -3.21. The standard InChI is InChI=1S/C19H16O5/c20-15-5-1-11(9-17(15)22)7-13-3-4-14(19(13)24)8-12-2-6-16(21)18(23)10-12/h1-2,5-10,20-23H,3-4H2/b13-7-,14-8+. The zero-order valence-electron chi connectivity index (χ0n) is 12.7. The molecular weight excluding hydrogens is 308 g/mol. The Morgan fingerprint density at radius 1 is 0.667 bits per heavy atom. The molecule has 122 valence electrons. The van der Waals surface area contributed by atoms with Crippen LogP contribution in [-0.4, -0.2) is 26.2 Å². The van der Waals surface area contributed by atoms with Crippen LogP contribution in [0.2, 0.25) is 0 Å². The van der Waals surface area contributed by atoms with Gasteiger partial charge in [0.2, 0.25) is 0 Å². The van der Waals surface area contributed by atoms with E-state index >= 15 is 0 Å². The third-order valence-corrected chi connectivity index (χ3v) is 3.93. The molecule has 0 heterocycles. The van der Waals surface area contributed by atoms with Gasteiger partial charge in [0, 0.05) is 11.1 Å². The van der Waals surface area contributed by atoms with E-state index in [0.717, 1.165) is 0 Å². The second-order valence-corrected chi connectivity index (χ2v) is 5.66. The first-order valence-electron chi connectivity index (χ1n) is 7.44. The summed E-state index contributed by atoms with van der Waals surface area (Å²) in [6, 6.07) is 8.78. The van der Waals surface area contributed by atoms with Crippen LogP contribution in [-0.2, 0) is 4.79 Å². The fourth-order valence-electron chi connectivity index (χ4n) is 2.64. The molecule has 0 unspecified atom stereocenters. The fraction of sp³-hybridized carbons (Fsp3) is 0.105. The Labute approximate surface area is 138 Å². The summed E-state index contributed by atoms with van der Waals surface area (Å²) in [5, 5.41) is 37.7. The monoisotopic (exact) mass is 324 g/mol. The van der Waals surface area contributed by atoms with Crippen LogP contribution >= 0.6 is 0 Å². The van der Waals surface area contributed by atoms with Gasteiger partial charge in [-0.1, -0.05) is 12.1 Å². The van der Waals surface area contributed by atoms with Crippen molar-refractivity contribution in [3.05, 3.63) is 58.7 Å². The van der Waals surface area contributed by atoms with E-state index < -0.39 is 0 Å². The van der Waals surface area contributed by atoms with Crippen molar-refractivity contribution in [3.63, 3.8) is 0 Å². The first kappa shape index (κ1) is 15.7. The van der Waals surface area contributed by atoms with Crippen LogP contribution in [0.5, 0.6) is 23.0 Å². The molecule has 0 atom stereocenters. The number of allylic oxidation sites excluding steroid dienone is 2. The van der Waals surface area contributed by atoms with Crippen molar-refractivity contribution in [2.75, 3.05) is 0 Å². The molecule has 4 N–H and O–H groups in total. The topological polar surface area (TPSA) is 98.0 Å². The van der Waals surface area contributed by atoms with Crippen LogP contribution in [0.4, 0.5) is 0 Å². The Balaban J connectivity index is 1.86. The highest BCUT2D eigenvalue weighted by Gasteiger charge is 2.23. The van der Waals surface area contributed by atoms with Crippen molar-refractivity contribution in [2.24, 2.45) is 0 Å². The number of hydrogen-bond acceptors (Lipinski definition) is 5. The minimum atomic E-state index is -0.231. The summed E-state index contributed by atoms with van der Waals surface area (Å²) in [4.78, 5) is 12.5. The van der Waals surface area contributed by atoms with Gasteiger partial charge in [-0.15, -0.1) is 0 Å². The number of rotatable bonds is 2. The molecule has 0 bridgehead atoms. The summed E-state index contributed by atoms with van der Waals surface area (Å²) in [5.74, 6) is -0.962. The molecule has 3 rings (SSSR count). The summed E-state index contributed by atoms with van der Waals surface area (Å²) >= 11 is 0. The molecule has 2 aromatic carbocycles. The van der Waals surface area contributed by atoms with Gasteiger partial charge in [0.15, 0.2) is 28.8 Å². The molecule has 0 amide bonds. The molecule has 1 aliphatic rings. The van der Waals surface area contributed by atoms with E-state index in [1.165, 1.54) is 24.3 Å². The van der Waals surface area contributed by atoms with Gasteiger partial charge in [0.25, 0.3) is 0 Å². The molecule has 0 aliphatic heterocycles. The van der Waals surface area contributed by atoms with Gasteiger partial charge in [-0.25, -0.2) is 0 Å². The van der Waals surface area contributed by atoms with Crippen molar-refractivity contribution in [2.45, 2.75) is 12.8 Å². The van der Waals surface area contributed by atoms with Crippen LogP contribution in [0.1, 0.15) is 24.0 Å².